The molecule has 8 heteroatoms. The van der Waals surface area contributed by atoms with Crippen LogP contribution < -0.4 is 20.1 Å². The smallest absolute Gasteiger partial charge is 0.191 e. The highest BCUT2D eigenvalue weighted by Gasteiger charge is 2.16. The minimum atomic E-state index is -0.248. The Kier molecular flexibility index (Phi) is 7.77. The molecule has 0 spiro atoms. The summed E-state index contributed by atoms with van der Waals surface area (Å²) in [6.07, 6.45) is 0. The van der Waals surface area contributed by atoms with Crippen LogP contribution in [0.3, 0.4) is 0 Å². The van der Waals surface area contributed by atoms with E-state index in [0.29, 0.717) is 48.8 Å². The van der Waals surface area contributed by atoms with Crippen molar-refractivity contribution in [1.82, 2.24) is 10.6 Å². The van der Waals surface area contributed by atoms with Crippen LogP contribution in [0.4, 0.5) is 4.39 Å². The molecule has 3 rings (SSSR count). The Balaban J connectivity index is 0.00000243. The van der Waals surface area contributed by atoms with E-state index < -0.39 is 0 Å². The summed E-state index contributed by atoms with van der Waals surface area (Å²) in [6.45, 7) is 2.09. The second-order valence-corrected chi connectivity index (χ2v) is 5.91. The predicted octanol–water partition coefficient (Wildman–Crippen LogP) is 3.73. The van der Waals surface area contributed by atoms with Gasteiger partial charge in [-0.25, -0.2) is 4.39 Å². The van der Waals surface area contributed by atoms with E-state index in [0.717, 1.165) is 11.1 Å². The molecule has 26 heavy (non-hydrogen) atoms. The molecule has 0 amide bonds. The lowest BCUT2D eigenvalue weighted by Crippen LogP contribution is -2.36. The minimum absolute atomic E-state index is 0. The Labute approximate surface area is 174 Å². The molecule has 1 aliphatic heterocycles. The fraction of sp³-hybridized carbons (Fsp3) is 0.278. The zero-order valence-corrected chi connectivity index (χ0v) is 17.3. The van der Waals surface area contributed by atoms with Crippen molar-refractivity contribution < 1.29 is 13.9 Å². The van der Waals surface area contributed by atoms with Gasteiger partial charge in [-0.1, -0.05) is 23.7 Å². The van der Waals surface area contributed by atoms with Crippen LogP contribution in [-0.4, -0.2) is 26.2 Å². The summed E-state index contributed by atoms with van der Waals surface area (Å²) in [5, 5.41) is 6.92. The fourth-order valence-corrected chi connectivity index (χ4v) is 2.75. The highest BCUT2D eigenvalue weighted by atomic mass is 127. The SMILES string of the molecule is CN=C(NCc1ccc(F)cc1)NCc1cc(Cl)c2c(c1)OCCO2.I. The number of halogens is 3. The number of rotatable bonds is 4. The number of hydrogen-bond donors (Lipinski definition) is 2. The molecule has 2 aromatic carbocycles. The molecule has 0 aliphatic carbocycles. The topological polar surface area (TPSA) is 54.9 Å². The van der Waals surface area contributed by atoms with E-state index in [1.807, 2.05) is 12.1 Å². The van der Waals surface area contributed by atoms with E-state index in [2.05, 4.69) is 15.6 Å². The van der Waals surface area contributed by atoms with E-state index in [-0.39, 0.29) is 29.8 Å². The van der Waals surface area contributed by atoms with Gasteiger partial charge in [0.15, 0.2) is 17.5 Å². The Morgan fingerprint density at radius 2 is 1.73 bits per heavy atom. The van der Waals surface area contributed by atoms with Gasteiger partial charge in [0, 0.05) is 20.1 Å². The van der Waals surface area contributed by atoms with Gasteiger partial charge in [-0.3, -0.25) is 4.99 Å². The van der Waals surface area contributed by atoms with Gasteiger partial charge in [0.2, 0.25) is 0 Å². The summed E-state index contributed by atoms with van der Waals surface area (Å²) >= 11 is 6.24. The Hall–Kier alpha value is -1.74. The number of benzene rings is 2. The first-order chi connectivity index (χ1) is 12.2. The highest BCUT2D eigenvalue weighted by molar-refractivity contribution is 14.0. The molecule has 0 fully saturated rings. The largest absolute Gasteiger partial charge is 0.486 e. The van der Waals surface area contributed by atoms with Crippen LogP contribution >= 0.6 is 35.6 Å². The quantitative estimate of drug-likeness (QED) is 0.389. The molecule has 5 nitrogen and oxygen atoms in total. The van der Waals surface area contributed by atoms with Crippen molar-refractivity contribution in [3.63, 3.8) is 0 Å². The second kappa shape index (κ2) is 9.82. The van der Waals surface area contributed by atoms with E-state index in [1.165, 1.54) is 12.1 Å². The summed E-state index contributed by atoms with van der Waals surface area (Å²) in [5.41, 5.74) is 1.92. The molecule has 0 saturated heterocycles. The number of nitrogens with zero attached hydrogens (tertiary/aromatic N) is 1. The third-order valence-corrected chi connectivity index (χ3v) is 3.99. The number of fused-ring (bicyclic) bond motifs is 1. The molecule has 140 valence electrons. The number of ether oxygens (including phenoxy) is 2. The van der Waals surface area contributed by atoms with Crippen molar-refractivity contribution in [2.75, 3.05) is 20.3 Å². The zero-order valence-electron chi connectivity index (χ0n) is 14.2. The van der Waals surface area contributed by atoms with Gasteiger partial charge in [-0.15, -0.1) is 24.0 Å². The van der Waals surface area contributed by atoms with Crippen molar-refractivity contribution in [1.29, 1.82) is 0 Å². The summed E-state index contributed by atoms with van der Waals surface area (Å²) in [5.74, 6) is 1.64. The molecule has 2 N–H and O–H groups in total. The third kappa shape index (κ3) is 5.38. The normalized spacial score (nSPS) is 13.0. The van der Waals surface area contributed by atoms with Crippen LogP contribution in [0.2, 0.25) is 5.02 Å². The van der Waals surface area contributed by atoms with Gasteiger partial charge >= 0.3 is 0 Å². The Morgan fingerprint density at radius 3 is 2.42 bits per heavy atom. The molecular weight excluding hydrogens is 472 g/mol. The maximum atomic E-state index is 12.9. The van der Waals surface area contributed by atoms with Crippen molar-refractivity contribution in [3.05, 3.63) is 58.4 Å². The van der Waals surface area contributed by atoms with Crippen LogP contribution in [0.15, 0.2) is 41.4 Å². The fourth-order valence-electron chi connectivity index (χ4n) is 2.46. The van der Waals surface area contributed by atoms with E-state index in [1.54, 1.807) is 19.2 Å². The minimum Gasteiger partial charge on any atom is -0.486 e. The van der Waals surface area contributed by atoms with Crippen LogP contribution in [0, 0.1) is 5.82 Å². The summed E-state index contributed by atoms with van der Waals surface area (Å²) in [6, 6.07) is 10.1. The van der Waals surface area contributed by atoms with Crippen molar-refractivity contribution in [2.24, 2.45) is 4.99 Å². The van der Waals surface area contributed by atoms with E-state index in [9.17, 15) is 4.39 Å². The number of nitrogens with one attached hydrogen (secondary N) is 2. The second-order valence-electron chi connectivity index (χ2n) is 5.51. The van der Waals surface area contributed by atoms with Gasteiger partial charge < -0.3 is 20.1 Å². The molecular formula is C18H20ClFIN3O2. The highest BCUT2D eigenvalue weighted by Crippen LogP contribution is 2.38. The van der Waals surface area contributed by atoms with Gasteiger partial charge in [0.25, 0.3) is 0 Å². The number of aliphatic imine (C=N–C) groups is 1. The van der Waals surface area contributed by atoms with Crippen LogP contribution in [-0.2, 0) is 13.1 Å². The first kappa shape index (κ1) is 20.6. The molecule has 0 aromatic heterocycles. The average Bonchev–Trinajstić information content (AvgIpc) is 2.63. The molecule has 1 aliphatic rings. The van der Waals surface area contributed by atoms with Crippen LogP contribution in [0.1, 0.15) is 11.1 Å². The lowest BCUT2D eigenvalue weighted by atomic mass is 10.2. The zero-order chi connectivity index (χ0) is 17.6. The van der Waals surface area contributed by atoms with Gasteiger partial charge in [0.1, 0.15) is 19.0 Å². The van der Waals surface area contributed by atoms with Crippen LogP contribution in [0.5, 0.6) is 11.5 Å². The number of guanidine groups is 1. The maximum Gasteiger partial charge on any atom is 0.191 e. The molecule has 2 aromatic rings. The number of hydrogen-bond acceptors (Lipinski definition) is 3. The summed E-state index contributed by atoms with van der Waals surface area (Å²) in [7, 11) is 1.69. The van der Waals surface area contributed by atoms with Gasteiger partial charge in [0.05, 0.1) is 5.02 Å². The summed E-state index contributed by atoms with van der Waals surface area (Å²) in [4.78, 5) is 4.18. The molecule has 0 atom stereocenters. The first-order valence-corrected chi connectivity index (χ1v) is 8.30. The molecule has 0 saturated carbocycles. The standard InChI is InChI=1S/C18H19ClFN3O2.HI/c1-21-18(22-10-12-2-4-14(20)5-3-12)23-11-13-8-15(19)17-16(9-13)24-6-7-25-17;/h2-5,8-9H,6-7,10-11H2,1H3,(H2,21,22,23);1H. The Morgan fingerprint density at radius 1 is 1.08 bits per heavy atom. The molecule has 1 heterocycles. The average molecular weight is 492 g/mol. The predicted molar refractivity (Wildman–Crippen MR) is 111 cm³/mol. The van der Waals surface area contributed by atoms with Gasteiger partial charge in [-0.05, 0) is 35.4 Å². The van der Waals surface area contributed by atoms with Gasteiger partial charge in [-0.2, -0.15) is 0 Å². The van der Waals surface area contributed by atoms with Crippen molar-refractivity contribution in [3.8, 4) is 11.5 Å². The molecule has 0 unspecified atom stereocenters. The first-order valence-electron chi connectivity index (χ1n) is 7.92. The van der Waals surface area contributed by atoms with E-state index in [4.69, 9.17) is 21.1 Å². The lowest BCUT2D eigenvalue weighted by molar-refractivity contribution is 0.171. The third-order valence-electron chi connectivity index (χ3n) is 3.71. The lowest BCUT2D eigenvalue weighted by Gasteiger charge is -2.20. The van der Waals surface area contributed by atoms with Crippen molar-refractivity contribution >= 4 is 41.5 Å². The molecule has 0 bridgehead atoms. The molecule has 0 radical (unpaired) electrons. The van der Waals surface area contributed by atoms with Crippen molar-refractivity contribution in [2.45, 2.75) is 13.1 Å². The monoisotopic (exact) mass is 491 g/mol. The van der Waals surface area contributed by atoms with Crippen LogP contribution in [0.25, 0.3) is 0 Å². The van der Waals surface area contributed by atoms with E-state index >= 15 is 0 Å². The maximum absolute atomic E-state index is 12.9. The summed E-state index contributed by atoms with van der Waals surface area (Å²) < 4.78 is 24.0. The Bertz CT molecular complexity index is 772.